The number of phenolic OH excluding ortho intramolecular Hbond substituents is 1. The van der Waals surface area contributed by atoms with Gasteiger partial charge in [0.25, 0.3) is 5.91 Å². The number of carbonyl (C=O) groups is 3. The molecule has 2 aromatic carbocycles. The van der Waals surface area contributed by atoms with Crippen LogP contribution in [-0.2, 0) is 14.3 Å². The van der Waals surface area contributed by atoms with Gasteiger partial charge in [-0.3, -0.25) is 4.79 Å². The third kappa shape index (κ3) is 6.50. The molecule has 0 fully saturated rings. The Bertz CT molecular complexity index is 1160. The Morgan fingerprint density at radius 3 is 2.60 bits per heavy atom. The van der Waals surface area contributed by atoms with Crippen LogP contribution in [0.5, 0.6) is 17.2 Å². The molecule has 4 N–H and O–H groups in total. The van der Waals surface area contributed by atoms with E-state index in [1.165, 1.54) is 25.5 Å². The second kappa shape index (κ2) is 11.5. The fourth-order valence-electron chi connectivity index (χ4n) is 3.32. The van der Waals surface area contributed by atoms with Crippen LogP contribution < -0.4 is 25.5 Å². The van der Waals surface area contributed by atoms with Gasteiger partial charge in [0, 0.05) is 5.70 Å². The summed E-state index contributed by atoms with van der Waals surface area (Å²) < 4.78 is 16.1. The molecule has 0 aliphatic carbocycles. The highest BCUT2D eigenvalue weighted by atomic mass is 16.5. The van der Waals surface area contributed by atoms with Gasteiger partial charge in [-0.25, -0.2) is 15.0 Å². The smallest absolute Gasteiger partial charge is 0.338 e. The molecule has 2 aromatic rings. The van der Waals surface area contributed by atoms with E-state index in [-0.39, 0.29) is 30.3 Å². The number of amides is 3. The molecule has 0 unspecified atom stereocenters. The molecule has 3 rings (SSSR count). The summed E-state index contributed by atoms with van der Waals surface area (Å²) in [5.41, 5.74) is 4.26. The number of hydrazone groups is 1. The summed E-state index contributed by atoms with van der Waals surface area (Å²) in [6.07, 6.45) is 1.43. The third-order valence-electron chi connectivity index (χ3n) is 4.94. The number of esters is 1. The van der Waals surface area contributed by atoms with Crippen molar-refractivity contribution >= 4 is 24.1 Å². The van der Waals surface area contributed by atoms with Crippen LogP contribution in [0.2, 0.25) is 0 Å². The molecule has 0 spiro atoms. The number of ether oxygens (including phenoxy) is 3. The standard InChI is InChI=1S/C24H26N4O7/c1-4-34-23(31)21-14(2)26-24(32)27-22(21)16-7-10-18(19(11-16)33-3)35-13-20(30)28-25-12-15-5-8-17(29)9-6-15/h5-12,22,29H,4,13H2,1-3H3,(H,28,30)(H2,26,27,32)/b25-12-/t22-/m1/s1. The summed E-state index contributed by atoms with van der Waals surface area (Å²) in [6, 6.07) is 9.92. The minimum atomic E-state index is -0.761. The number of phenols is 1. The summed E-state index contributed by atoms with van der Waals surface area (Å²) in [5.74, 6) is -0.333. The van der Waals surface area contributed by atoms with Crippen LogP contribution in [-0.4, -0.2) is 49.6 Å². The molecule has 1 heterocycles. The van der Waals surface area contributed by atoms with E-state index in [1.807, 2.05) is 0 Å². The molecule has 184 valence electrons. The highest BCUT2D eigenvalue weighted by Crippen LogP contribution is 2.34. The van der Waals surface area contributed by atoms with Crippen molar-refractivity contribution in [2.75, 3.05) is 20.3 Å². The molecule has 11 nitrogen and oxygen atoms in total. The Balaban J connectivity index is 1.69. The number of allylic oxidation sites excluding steroid dienone is 1. The predicted octanol–water partition coefficient (Wildman–Crippen LogP) is 2.12. The van der Waals surface area contributed by atoms with Crippen molar-refractivity contribution in [3.63, 3.8) is 0 Å². The fourth-order valence-corrected chi connectivity index (χ4v) is 3.32. The van der Waals surface area contributed by atoms with Gasteiger partial charge in [0.15, 0.2) is 18.1 Å². The number of benzene rings is 2. The number of carbonyl (C=O) groups excluding carboxylic acids is 3. The van der Waals surface area contributed by atoms with Crippen molar-refractivity contribution in [2.24, 2.45) is 5.10 Å². The molecule has 0 radical (unpaired) electrons. The lowest BCUT2D eigenvalue weighted by Gasteiger charge is -2.28. The maximum atomic E-state index is 12.5. The first kappa shape index (κ1) is 25.1. The van der Waals surface area contributed by atoms with Gasteiger partial charge in [0.05, 0.1) is 31.5 Å². The van der Waals surface area contributed by atoms with Crippen LogP contribution in [0.3, 0.4) is 0 Å². The van der Waals surface area contributed by atoms with E-state index in [1.54, 1.807) is 44.2 Å². The lowest BCUT2D eigenvalue weighted by atomic mass is 9.95. The first-order valence-corrected chi connectivity index (χ1v) is 10.7. The molecule has 35 heavy (non-hydrogen) atoms. The van der Waals surface area contributed by atoms with E-state index in [9.17, 15) is 19.5 Å². The topological polar surface area (TPSA) is 148 Å². The van der Waals surface area contributed by atoms with Gasteiger partial charge in [0.2, 0.25) is 0 Å². The highest BCUT2D eigenvalue weighted by molar-refractivity contribution is 5.95. The zero-order chi connectivity index (χ0) is 25.4. The third-order valence-corrected chi connectivity index (χ3v) is 4.94. The number of nitrogens with one attached hydrogen (secondary N) is 3. The minimum absolute atomic E-state index is 0.130. The molecule has 0 saturated heterocycles. The number of hydrogen-bond donors (Lipinski definition) is 4. The van der Waals surface area contributed by atoms with E-state index in [2.05, 4.69) is 21.2 Å². The largest absolute Gasteiger partial charge is 0.508 e. The lowest BCUT2D eigenvalue weighted by molar-refractivity contribution is -0.139. The van der Waals surface area contributed by atoms with Crippen LogP contribution in [0.1, 0.15) is 31.0 Å². The lowest BCUT2D eigenvalue weighted by Crippen LogP contribution is -2.45. The summed E-state index contributed by atoms with van der Waals surface area (Å²) in [7, 11) is 1.43. The second-order valence-electron chi connectivity index (χ2n) is 7.37. The Morgan fingerprint density at radius 1 is 1.17 bits per heavy atom. The van der Waals surface area contributed by atoms with E-state index < -0.39 is 23.9 Å². The summed E-state index contributed by atoms with van der Waals surface area (Å²) in [6.45, 7) is 3.17. The number of urea groups is 1. The van der Waals surface area contributed by atoms with Gasteiger partial charge in [-0.05, 0) is 61.4 Å². The molecule has 1 aliphatic heterocycles. The molecule has 1 aliphatic rings. The van der Waals surface area contributed by atoms with E-state index in [4.69, 9.17) is 14.2 Å². The van der Waals surface area contributed by atoms with Crippen LogP contribution in [0.4, 0.5) is 4.79 Å². The van der Waals surface area contributed by atoms with Crippen molar-refractivity contribution in [2.45, 2.75) is 19.9 Å². The Labute approximate surface area is 201 Å². The van der Waals surface area contributed by atoms with Crippen LogP contribution in [0.15, 0.2) is 58.8 Å². The van der Waals surface area contributed by atoms with E-state index >= 15 is 0 Å². The first-order valence-electron chi connectivity index (χ1n) is 10.7. The SMILES string of the molecule is CCOC(=O)C1=C(C)NC(=O)N[C@@H]1c1ccc(OCC(=O)N/N=C\c2ccc(O)cc2)c(OC)c1. The van der Waals surface area contributed by atoms with Crippen LogP contribution >= 0.6 is 0 Å². The number of rotatable bonds is 9. The van der Waals surface area contributed by atoms with Crippen molar-refractivity contribution in [1.29, 1.82) is 0 Å². The van der Waals surface area contributed by atoms with Gasteiger partial charge in [-0.15, -0.1) is 0 Å². The van der Waals surface area contributed by atoms with Gasteiger partial charge in [-0.1, -0.05) is 6.07 Å². The molecule has 0 aromatic heterocycles. The molecule has 11 heteroatoms. The number of nitrogens with zero attached hydrogens (tertiary/aromatic N) is 1. The highest BCUT2D eigenvalue weighted by Gasteiger charge is 2.32. The van der Waals surface area contributed by atoms with Gasteiger partial charge >= 0.3 is 12.0 Å². The molecule has 0 saturated carbocycles. The minimum Gasteiger partial charge on any atom is -0.508 e. The summed E-state index contributed by atoms with van der Waals surface area (Å²) in [5, 5.41) is 18.4. The first-order chi connectivity index (χ1) is 16.8. The van der Waals surface area contributed by atoms with Crippen molar-refractivity contribution in [1.82, 2.24) is 16.1 Å². The summed E-state index contributed by atoms with van der Waals surface area (Å²) >= 11 is 0. The van der Waals surface area contributed by atoms with Crippen LogP contribution in [0.25, 0.3) is 0 Å². The Kier molecular flexibility index (Phi) is 8.28. The normalized spacial score (nSPS) is 15.3. The molecular formula is C24H26N4O7. The quantitative estimate of drug-likeness (QED) is 0.243. The molecular weight excluding hydrogens is 456 g/mol. The second-order valence-corrected chi connectivity index (χ2v) is 7.37. The summed E-state index contributed by atoms with van der Waals surface area (Å²) in [4.78, 5) is 36.6. The molecule has 1 atom stereocenters. The maximum Gasteiger partial charge on any atom is 0.338 e. The van der Waals surface area contributed by atoms with E-state index in [0.29, 0.717) is 22.6 Å². The number of methoxy groups -OCH3 is 1. The Morgan fingerprint density at radius 2 is 1.91 bits per heavy atom. The van der Waals surface area contributed by atoms with Gasteiger partial charge < -0.3 is 30.0 Å². The van der Waals surface area contributed by atoms with Crippen LogP contribution in [0, 0.1) is 0 Å². The monoisotopic (exact) mass is 482 g/mol. The van der Waals surface area contributed by atoms with Gasteiger partial charge in [-0.2, -0.15) is 5.10 Å². The number of aromatic hydroxyl groups is 1. The molecule has 3 amide bonds. The van der Waals surface area contributed by atoms with Crippen molar-refractivity contribution < 1.29 is 33.7 Å². The zero-order valence-corrected chi connectivity index (χ0v) is 19.5. The molecule has 0 bridgehead atoms. The van der Waals surface area contributed by atoms with Gasteiger partial charge in [0.1, 0.15) is 5.75 Å². The zero-order valence-electron chi connectivity index (χ0n) is 19.5. The fraction of sp³-hybridized carbons (Fsp3) is 0.250. The average molecular weight is 482 g/mol. The number of hydrogen-bond acceptors (Lipinski definition) is 8. The van der Waals surface area contributed by atoms with Crippen molar-refractivity contribution in [3.05, 3.63) is 64.9 Å². The maximum absolute atomic E-state index is 12.5. The average Bonchev–Trinajstić information content (AvgIpc) is 2.83. The van der Waals surface area contributed by atoms with E-state index in [0.717, 1.165) is 0 Å². The Hall–Kier alpha value is -4.54. The predicted molar refractivity (Wildman–Crippen MR) is 126 cm³/mol. The van der Waals surface area contributed by atoms with Crippen molar-refractivity contribution in [3.8, 4) is 17.2 Å².